The minimum atomic E-state index is 0.147. The average molecular weight is 249 g/mol. The monoisotopic (exact) mass is 249 g/mol. The highest BCUT2D eigenvalue weighted by atomic mass is 16.2. The smallest absolute Gasteiger partial charge is 0.236 e. The van der Waals surface area contributed by atoms with E-state index in [0.717, 1.165) is 25.2 Å². The Morgan fingerprint density at radius 2 is 1.83 bits per heavy atom. The van der Waals surface area contributed by atoms with Crippen LogP contribution in [0, 0.1) is 0 Å². The van der Waals surface area contributed by atoms with Gasteiger partial charge in [-0.3, -0.25) is 9.69 Å². The molecule has 0 radical (unpaired) electrons. The SMILES string of the molecule is CCN(CCc1ccc(N)cc1)CC(=O)N(C)C. The summed E-state index contributed by atoms with van der Waals surface area (Å²) in [5, 5.41) is 0. The normalized spacial score (nSPS) is 10.7. The van der Waals surface area contributed by atoms with Gasteiger partial charge in [0.05, 0.1) is 6.54 Å². The second-order valence-electron chi connectivity index (χ2n) is 4.65. The largest absolute Gasteiger partial charge is 0.399 e. The summed E-state index contributed by atoms with van der Waals surface area (Å²) in [5.74, 6) is 0.147. The van der Waals surface area contributed by atoms with Gasteiger partial charge in [-0.05, 0) is 30.7 Å². The van der Waals surface area contributed by atoms with Gasteiger partial charge in [0.15, 0.2) is 0 Å². The maximum absolute atomic E-state index is 11.6. The summed E-state index contributed by atoms with van der Waals surface area (Å²) < 4.78 is 0. The third-order valence-electron chi connectivity index (χ3n) is 3.00. The fraction of sp³-hybridized carbons (Fsp3) is 0.500. The third kappa shape index (κ3) is 4.75. The molecule has 18 heavy (non-hydrogen) atoms. The molecule has 1 aromatic rings. The van der Waals surface area contributed by atoms with Gasteiger partial charge >= 0.3 is 0 Å². The lowest BCUT2D eigenvalue weighted by Crippen LogP contribution is -2.37. The first-order valence-electron chi connectivity index (χ1n) is 6.30. The van der Waals surface area contributed by atoms with Crippen molar-refractivity contribution in [2.45, 2.75) is 13.3 Å². The first-order chi connectivity index (χ1) is 8.52. The Labute approximate surface area is 109 Å². The van der Waals surface area contributed by atoms with Crippen LogP contribution in [0.2, 0.25) is 0 Å². The maximum Gasteiger partial charge on any atom is 0.236 e. The first kappa shape index (κ1) is 14.5. The molecule has 0 aliphatic rings. The molecular formula is C14H23N3O. The van der Waals surface area contributed by atoms with E-state index in [0.29, 0.717) is 6.54 Å². The van der Waals surface area contributed by atoms with Crippen LogP contribution < -0.4 is 5.73 Å². The summed E-state index contributed by atoms with van der Waals surface area (Å²) in [6, 6.07) is 7.90. The van der Waals surface area contributed by atoms with Crippen molar-refractivity contribution >= 4 is 11.6 Å². The average Bonchev–Trinajstić information content (AvgIpc) is 2.35. The van der Waals surface area contributed by atoms with Crippen molar-refractivity contribution in [1.82, 2.24) is 9.80 Å². The standard InChI is InChI=1S/C14H23N3O/c1-4-17(11-14(18)16(2)3)10-9-12-5-7-13(15)8-6-12/h5-8H,4,9-11,15H2,1-3H3. The number of nitrogens with two attached hydrogens (primary N) is 1. The zero-order valence-corrected chi connectivity index (χ0v) is 11.5. The number of hydrogen-bond acceptors (Lipinski definition) is 3. The van der Waals surface area contributed by atoms with Crippen molar-refractivity contribution in [2.75, 3.05) is 39.5 Å². The molecule has 0 unspecified atom stereocenters. The van der Waals surface area contributed by atoms with Gasteiger partial charge in [-0.1, -0.05) is 19.1 Å². The highest BCUT2D eigenvalue weighted by molar-refractivity contribution is 5.77. The molecule has 0 saturated heterocycles. The lowest BCUT2D eigenvalue weighted by atomic mass is 10.1. The van der Waals surface area contributed by atoms with Crippen molar-refractivity contribution in [2.24, 2.45) is 0 Å². The third-order valence-corrected chi connectivity index (χ3v) is 3.00. The zero-order chi connectivity index (χ0) is 13.5. The minimum absolute atomic E-state index is 0.147. The van der Waals surface area contributed by atoms with E-state index in [2.05, 4.69) is 11.8 Å². The molecule has 100 valence electrons. The maximum atomic E-state index is 11.6. The van der Waals surface area contributed by atoms with E-state index >= 15 is 0 Å². The molecule has 1 amide bonds. The Morgan fingerprint density at radius 1 is 1.22 bits per heavy atom. The highest BCUT2D eigenvalue weighted by Crippen LogP contribution is 2.06. The van der Waals surface area contributed by atoms with Gasteiger partial charge in [-0.25, -0.2) is 0 Å². The fourth-order valence-electron chi connectivity index (χ4n) is 1.65. The Balaban J connectivity index is 2.44. The highest BCUT2D eigenvalue weighted by Gasteiger charge is 2.10. The molecule has 2 N–H and O–H groups in total. The number of hydrogen-bond donors (Lipinski definition) is 1. The predicted molar refractivity (Wildman–Crippen MR) is 75.4 cm³/mol. The Hall–Kier alpha value is -1.55. The number of carbonyl (C=O) groups excluding carboxylic acids is 1. The summed E-state index contributed by atoms with van der Waals surface area (Å²) in [4.78, 5) is 15.4. The second-order valence-corrected chi connectivity index (χ2v) is 4.65. The Bertz CT molecular complexity index is 373. The molecule has 0 atom stereocenters. The molecule has 0 spiro atoms. The van der Waals surface area contributed by atoms with Crippen LogP contribution in [0.15, 0.2) is 24.3 Å². The molecule has 0 heterocycles. The Morgan fingerprint density at radius 3 is 2.33 bits per heavy atom. The summed E-state index contributed by atoms with van der Waals surface area (Å²) in [6.45, 7) is 4.33. The summed E-state index contributed by atoms with van der Waals surface area (Å²) in [7, 11) is 3.58. The topological polar surface area (TPSA) is 49.6 Å². The number of nitrogens with zero attached hydrogens (tertiary/aromatic N) is 2. The van der Waals surface area contributed by atoms with E-state index in [-0.39, 0.29) is 5.91 Å². The molecule has 0 aromatic heterocycles. The number of carbonyl (C=O) groups is 1. The summed E-state index contributed by atoms with van der Waals surface area (Å²) >= 11 is 0. The molecule has 4 nitrogen and oxygen atoms in total. The molecule has 0 saturated carbocycles. The number of amides is 1. The van der Waals surface area contributed by atoms with Crippen LogP contribution in [0.1, 0.15) is 12.5 Å². The molecule has 0 fully saturated rings. The lowest BCUT2D eigenvalue weighted by Gasteiger charge is -2.21. The van der Waals surface area contributed by atoms with E-state index in [1.54, 1.807) is 19.0 Å². The fourth-order valence-corrected chi connectivity index (χ4v) is 1.65. The van der Waals surface area contributed by atoms with Crippen LogP contribution in [0.5, 0.6) is 0 Å². The van der Waals surface area contributed by atoms with Gasteiger partial charge < -0.3 is 10.6 Å². The van der Waals surface area contributed by atoms with Crippen LogP contribution in [0.4, 0.5) is 5.69 Å². The second kappa shape index (κ2) is 7.01. The molecule has 0 aliphatic carbocycles. The van der Waals surface area contributed by atoms with Gasteiger partial charge in [-0.15, -0.1) is 0 Å². The first-order valence-corrected chi connectivity index (χ1v) is 6.30. The zero-order valence-electron chi connectivity index (χ0n) is 11.5. The van der Waals surface area contributed by atoms with Crippen molar-refractivity contribution < 1.29 is 4.79 Å². The quantitative estimate of drug-likeness (QED) is 0.771. The van der Waals surface area contributed by atoms with Crippen LogP contribution in [0.25, 0.3) is 0 Å². The van der Waals surface area contributed by atoms with Gasteiger partial charge in [0.2, 0.25) is 5.91 Å². The molecule has 1 aromatic carbocycles. The molecule has 0 bridgehead atoms. The van der Waals surface area contributed by atoms with E-state index in [1.807, 2.05) is 24.3 Å². The van der Waals surface area contributed by atoms with Crippen LogP contribution >= 0.6 is 0 Å². The predicted octanol–water partition coefficient (Wildman–Crippen LogP) is 1.22. The number of likely N-dealkylation sites (N-methyl/N-ethyl adjacent to an activating group) is 2. The Kier molecular flexibility index (Phi) is 5.65. The van der Waals surface area contributed by atoms with E-state index in [9.17, 15) is 4.79 Å². The van der Waals surface area contributed by atoms with Crippen LogP contribution in [-0.2, 0) is 11.2 Å². The van der Waals surface area contributed by atoms with Crippen molar-refractivity contribution in [3.8, 4) is 0 Å². The van der Waals surface area contributed by atoms with Crippen molar-refractivity contribution in [1.29, 1.82) is 0 Å². The van der Waals surface area contributed by atoms with E-state index in [1.165, 1.54) is 5.56 Å². The summed E-state index contributed by atoms with van der Waals surface area (Å²) in [6.07, 6.45) is 0.939. The lowest BCUT2D eigenvalue weighted by molar-refractivity contribution is -0.129. The minimum Gasteiger partial charge on any atom is -0.399 e. The van der Waals surface area contributed by atoms with Crippen molar-refractivity contribution in [3.05, 3.63) is 29.8 Å². The molecule has 4 heteroatoms. The van der Waals surface area contributed by atoms with Crippen LogP contribution in [0.3, 0.4) is 0 Å². The van der Waals surface area contributed by atoms with E-state index < -0.39 is 0 Å². The summed E-state index contributed by atoms with van der Waals surface area (Å²) in [5.41, 5.74) is 7.68. The molecule has 1 rings (SSSR count). The number of anilines is 1. The van der Waals surface area contributed by atoms with Gasteiger partial charge in [0.1, 0.15) is 0 Å². The van der Waals surface area contributed by atoms with E-state index in [4.69, 9.17) is 5.73 Å². The van der Waals surface area contributed by atoms with Gasteiger partial charge in [0, 0.05) is 26.3 Å². The molecular weight excluding hydrogens is 226 g/mol. The number of nitrogen functional groups attached to an aromatic ring is 1. The molecule has 0 aliphatic heterocycles. The van der Waals surface area contributed by atoms with Gasteiger partial charge in [0.25, 0.3) is 0 Å². The van der Waals surface area contributed by atoms with Crippen molar-refractivity contribution in [3.63, 3.8) is 0 Å². The van der Waals surface area contributed by atoms with Crippen LogP contribution in [-0.4, -0.2) is 49.4 Å². The number of benzene rings is 1. The van der Waals surface area contributed by atoms with Gasteiger partial charge in [-0.2, -0.15) is 0 Å². The number of rotatable bonds is 6.